The molecule has 0 aliphatic carbocycles. The van der Waals surface area contributed by atoms with Crippen molar-refractivity contribution in [3.63, 3.8) is 0 Å². The summed E-state index contributed by atoms with van der Waals surface area (Å²) in [5.74, 6) is 6.73. The highest BCUT2D eigenvalue weighted by Gasteiger charge is 2.15. The van der Waals surface area contributed by atoms with Crippen LogP contribution in [0.25, 0.3) is 10.2 Å². The first-order valence-corrected chi connectivity index (χ1v) is 12.5. The molecule has 38 heavy (non-hydrogen) atoms. The van der Waals surface area contributed by atoms with E-state index in [0.29, 0.717) is 27.8 Å². The van der Waals surface area contributed by atoms with Crippen molar-refractivity contribution in [2.24, 2.45) is 0 Å². The van der Waals surface area contributed by atoms with Gasteiger partial charge in [0.1, 0.15) is 30.1 Å². The van der Waals surface area contributed by atoms with Crippen LogP contribution in [0.3, 0.4) is 0 Å². The third-order valence-electron chi connectivity index (χ3n) is 4.72. The van der Waals surface area contributed by atoms with Crippen LogP contribution in [0.2, 0.25) is 5.02 Å². The number of nitrogens with one attached hydrogen (secondary N) is 2. The van der Waals surface area contributed by atoms with Crippen LogP contribution in [0.1, 0.15) is 31.2 Å². The topological polar surface area (TPSA) is 85.4 Å². The minimum absolute atomic E-state index is 0. The van der Waals surface area contributed by atoms with E-state index in [1.807, 2.05) is 12.1 Å². The Bertz CT molecular complexity index is 1500. The Morgan fingerprint density at radius 1 is 1.16 bits per heavy atom. The molecule has 2 aromatic carbocycles. The fraction of sp³-hybridized carbons (Fsp3) is 0.222. The highest BCUT2D eigenvalue weighted by molar-refractivity contribution is 7.20. The maximum Gasteiger partial charge on any atom is 0.408 e. The van der Waals surface area contributed by atoms with E-state index in [9.17, 15) is 9.18 Å². The van der Waals surface area contributed by atoms with Crippen molar-refractivity contribution >= 4 is 63.2 Å². The van der Waals surface area contributed by atoms with Crippen LogP contribution >= 0.6 is 35.3 Å². The van der Waals surface area contributed by atoms with Crippen LogP contribution in [-0.4, -0.2) is 28.2 Å². The minimum atomic E-state index is -0.564. The molecule has 11 heteroatoms. The van der Waals surface area contributed by atoms with E-state index in [1.165, 1.54) is 29.8 Å². The number of aromatic nitrogens is 2. The van der Waals surface area contributed by atoms with Crippen molar-refractivity contribution in [1.82, 2.24) is 15.3 Å². The Morgan fingerprint density at radius 2 is 1.97 bits per heavy atom. The zero-order chi connectivity index (χ0) is 26.4. The lowest BCUT2D eigenvalue weighted by Crippen LogP contribution is -2.32. The predicted molar refractivity (Wildman–Crippen MR) is 151 cm³/mol. The molecule has 7 nitrogen and oxygen atoms in total. The van der Waals surface area contributed by atoms with Crippen molar-refractivity contribution in [2.75, 3.05) is 11.9 Å². The van der Waals surface area contributed by atoms with Gasteiger partial charge in [0.2, 0.25) is 0 Å². The van der Waals surface area contributed by atoms with E-state index in [2.05, 4.69) is 32.4 Å². The Balaban J connectivity index is 0.00000400. The van der Waals surface area contributed by atoms with E-state index in [-0.39, 0.29) is 31.4 Å². The third-order valence-corrected chi connectivity index (χ3v) is 6.06. The fourth-order valence-corrected chi connectivity index (χ4v) is 4.35. The first-order chi connectivity index (χ1) is 17.7. The van der Waals surface area contributed by atoms with E-state index < -0.39 is 11.7 Å². The number of fused-ring (bicyclic) bond motifs is 1. The Labute approximate surface area is 235 Å². The van der Waals surface area contributed by atoms with Gasteiger partial charge >= 0.3 is 6.09 Å². The van der Waals surface area contributed by atoms with Crippen molar-refractivity contribution in [2.45, 2.75) is 33.0 Å². The second kappa shape index (κ2) is 12.8. The second-order valence-electron chi connectivity index (χ2n) is 8.89. The molecule has 4 rings (SSSR count). The summed E-state index contributed by atoms with van der Waals surface area (Å²) in [6, 6.07) is 13.4. The van der Waals surface area contributed by atoms with Gasteiger partial charge in [0, 0.05) is 5.69 Å². The number of carbonyl (C=O) groups is 1. The summed E-state index contributed by atoms with van der Waals surface area (Å²) in [6.07, 6.45) is 0.955. The number of amides is 1. The smallest absolute Gasteiger partial charge is 0.408 e. The number of carbonyl (C=O) groups excluding carboxylic acids is 1. The molecule has 1 amide bonds. The third kappa shape index (κ3) is 8.21. The van der Waals surface area contributed by atoms with Gasteiger partial charge in [0.05, 0.1) is 26.7 Å². The number of halogens is 3. The molecule has 4 aromatic rings. The first-order valence-electron chi connectivity index (χ1n) is 11.3. The average molecular weight is 575 g/mol. The lowest BCUT2D eigenvalue weighted by atomic mass is 10.2. The van der Waals surface area contributed by atoms with Gasteiger partial charge < -0.3 is 20.1 Å². The number of thiophene rings is 1. The maximum atomic E-state index is 13.4. The molecular formula is C27H25Cl2FN4O3S. The van der Waals surface area contributed by atoms with Crippen LogP contribution in [0.4, 0.5) is 20.7 Å². The first kappa shape index (κ1) is 29.0. The van der Waals surface area contributed by atoms with Gasteiger partial charge in [-0.15, -0.1) is 23.7 Å². The van der Waals surface area contributed by atoms with E-state index in [4.69, 9.17) is 21.1 Å². The van der Waals surface area contributed by atoms with E-state index >= 15 is 0 Å². The summed E-state index contributed by atoms with van der Waals surface area (Å²) in [5, 5.41) is 6.27. The Kier molecular flexibility index (Phi) is 9.75. The molecule has 2 aromatic heterocycles. The number of rotatable bonds is 6. The molecule has 2 N–H and O–H groups in total. The quantitative estimate of drug-likeness (QED) is 0.239. The van der Waals surface area contributed by atoms with Gasteiger partial charge in [-0.05, 0) is 62.7 Å². The molecule has 0 spiro atoms. The molecule has 0 aliphatic rings. The predicted octanol–water partition coefficient (Wildman–Crippen LogP) is 7.10. The highest BCUT2D eigenvalue weighted by Crippen LogP contribution is 2.33. The minimum Gasteiger partial charge on any atom is -0.487 e. The highest BCUT2D eigenvalue weighted by atomic mass is 35.5. The molecule has 198 valence electrons. The van der Waals surface area contributed by atoms with Crippen molar-refractivity contribution in [3.8, 4) is 17.6 Å². The largest absolute Gasteiger partial charge is 0.487 e. The number of nitrogens with zero attached hydrogens (tertiary/aromatic N) is 2. The summed E-state index contributed by atoms with van der Waals surface area (Å²) in [5.41, 5.74) is 1.60. The molecule has 0 fully saturated rings. The van der Waals surface area contributed by atoms with Gasteiger partial charge in [-0.1, -0.05) is 35.6 Å². The lowest BCUT2D eigenvalue weighted by molar-refractivity contribution is 0.0535. The summed E-state index contributed by atoms with van der Waals surface area (Å²) in [7, 11) is 0. The second-order valence-corrected chi connectivity index (χ2v) is 10.4. The average Bonchev–Trinajstić information content (AvgIpc) is 3.24. The standard InChI is InChI=1S/C27H24ClFN4O3S.ClH/c1-27(2,3)36-26(34)30-11-5-8-20-14-22-24(37-20)25(32-16-31-22)33-19-9-10-23(21(28)13-19)35-15-17-6-4-7-18(29)12-17;/h4,6-7,9-10,12-14,16H,11,15H2,1-3H3,(H,30,34)(H,31,32,33);1H. The summed E-state index contributed by atoms with van der Waals surface area (Å²) >= 11 is 7.85. The summed E-state index contributed by atoms with van der Waals surface area (Å²) in [4.78, 5) is 21.2. The number of ether oxygens (including phenoxy) is 2. The van der Waals surface area contributed by atoms with Crippen LogP contribution in [0.15, 0.2) is 54.9 Å². The van der Waals surface area contributed by atoms with Crippen molar-refractivity contribution < 1.29 is 18.7 Å². The van der Waals surface area contributed by atoms with E-state index in [1.54, 1.807) is 45.0 Å². The molecule has 2 heterocycles. The zero-order valence-electron chi connectivity index (χ0n) is 20.8. The molecule has 0 unspecified atom stereocenters. The number of anilines is 2. The summed E-state index contributed by atoms with van der Waals surface area (Å²) in [6.45, 7) is 5.75. The summed E-state index contributed by atoms with van der Waals surface area (Å²) < 4.78 is 25.1. The normalized spacial score (nSPS) is 10.7. The number of benzene rings is 2. The molecule has 0 saturated carbocycles. The molecule has 0 atom stereocenters. The van der Waals surface area contributed by atoms with Crippen LogP contribution in [0.5, 0.6) is 5.75 Å². The molecular weight excluding hydrogens is 550 g/mol. The number of hydrogen-bond acceptors (Lipinski definition) is 7. The van der Waals surface area contributed by atoms with Gasteiger partial charge in [-0.2, -0.15) is 0 Å². The van der Waals surface area contributed by atoms with Crippen molar-refractivity contribution in [3.05, 3.63) is 76.1 Å². The zero-order valence-corrected chi connectivity index (χ0v) is 23.2. The lowest BCUT2D eigenvalue weighted by Gasteiger charge is -2.18. The number of alkyl carbamates (subject to hydrolysis) is 1. The van der Waals surface area contributed by atoms with Crippen molar-refractivity contribution in [1.29, 1.82) is 0 Å². The molecule has 0 bridgehead atoms. The number of hydrogen-bond donors (Lipinski definition) is 2. The van der Waals surface area contributed by atoms with Crippen LogP contribution in [0, 0.1) is 17.7 Å². The maximum absolute atomic E-state index is 13.4. The van der Waals surface area contributed by atoms with Gasteiger partial charge in [0.25, 0.3) is 0 Å². The Hall–Kier alpha value is -3.58. The van der Waals surface area contributed by atoms with Crippen LogP contribution < -0.4 is 15.4 Å². The van der Waals surface area contributed by atoms with Crippen LogP contribution in [-0.2, 0) is 11.3 Å². The van der Waals surface area contributed by atoms with Gasteiger partial charge in [0.15, 0.2) is 5.82 Å². The SMILES string of the molecule is CC(C)(C)OC(=O)NCC#Cc1cc2ncnc(Nc3ccc(OCc4cccc(F)c4)c(Cl)c3)c2s1.Cl. The van der Waals surface area contributed by atoms with Gasteiger partial charge in [-0.3, -0.25) is 0 Å². The Morgan fingerprint density at radius 3 is 2.71 bits per heavy atom. The van der Waals surface area contributed by atoms with Gasteiger partial charge in [-0.25, -0.2) is 19.2 Å². The fourth-order valence-electron chi connectivity index (χ4n) is 3.19. The molecule has 0 radical (unpaired) electrons. The molecule has 0 saturated heterocycles. The monoisotopic (exact) mass is 574 g/mol. The molecule has 0 aliphatic heterocycles. The van der Waals surface area contributed by atoms with E-state index in [0.717, 1.165) is 15.1 Å².